The molecule has 1 aliphatic carbocycles. The highest BCUT2D eigenvalue weighted by Gasteiger charge is 2.32. The van der Waals surface area contributed by atoms with E-state index in [0.717, 1.165) is 18.4 Å². The van der Waals surface area contributed by atoms with E-state index >= 15 is 0 Å². The second kappa shape index (κ2) is 6.18. The molecular weight excluding hydrogens is 279 g/mol. The molecule has 0 bridgehead atoms. The molecule has 0 aliphatic heterocycles. The van der Waals surface area contributed by atoms with Gasteiger partial charge in [0.25, 0.3) is 0 Å². The van der Waals surface area contributed by atoms with Crippen molar-refractivity contribution in [2.45, 2.75) is 31.8 Å². The number of anilines is 1. The average molecular weight is 298 g/mol. The molecule has 0 radical (unpaired) electrons. The zero-order chi connectivity index (χ0) is 15.5. The number of nitrogens with two attached hydrogens (primary N) is 1. The predicted molar refractivity (Wildman–Crippen MR) is 84.5 cm³/mol. The Balaban J connectivity index is 1.72. The maximum absolute atomic E-state index is 13.8. The molecule has 0 spiro atoms. The summed E-state index contributed by atoms with van der Waals surface area (Å²) in [5.74, 6) is -0.219. The fraction of sp³-hybridized carbons (Fsp3) is 0.278. The molecule has 0 saturated heterocycles. The van der Waals surface area contributed by atoms with Crippen molar-refractivity contribution in [3.05, 3.63) is 65.5 Å². The first-order chi connectivity index (χ1) is 10.6. The van der Waals surface area contributed by atoms with Crippen LogP contribution in [0.3, 0.4) is 0 Å². The lowest BCUT2D eigenvalue weighted by Gasteiger charge is -2.23. The Morgan fingerprint density at radius 2 is 1.82 bits per heavy atom. The van der Waals surface area contributed by atoms with Crippen molar-refractivity contribution in [2.75, 3.05) is 5.73 Å². The van der Waals surface area contributed by atoms with Crippen LogP contribution in [0.15, 0.2) is 48.5 Å². The number of carbonyl (C=O) groups is 1. The van der Waals surface area contributed by atoms with Crippen LogP contribution in [0.2, 0.25) is 0 Å². The summed E-state index contributed by atoms with van der Waals surface area (Å²) in [5.41, 5.74) is 7.84. The van der Waals surface area contributed by atoms with E-state index in [2.05, 4.69) is 0 Å². The molecule has 1 aliphatic rings. The lowest BCUT2D eigenvalue weighted by Crippen LogP contribution is -2.34. The molecule has 0 aromatic heterocycles. The van der Waals surface area contributed by atoms with Crippen LogP contribution in [0, 0.1) is 5.82 Å². The van der Waals surface area contributed by atoms with Gasteiger partial charge in [0.1, 0.15) is 5.82 Å². The quantitative estimate of drug-likeness (QED) is 0.862. The van der Waals surface area contributed by atoms with Crippen LogP contribution in [-0.4, -0.2) is 16.8 Å². The Kier molecular flexibility index (Phi) is 4.09. The van der Waals surface area contributed by atoms with Crippen molar-refractivity contribution in [3.63, 3.8) is 0 Å². The zero-order valence-electron chi connectivity index (χ0n) is 12.3. The lowest BCUT2D eigenvalue weighted by atomic mass is 10.1. The van der Waals surface area contributed by atoms with Gasteiger partial charge in [0, 0.05) is 23.8 Å². The minimum absolute atomic E-state index is 0.0375. The first-order valence-corrected chi connectivity index (χ1v) is 7.51. The van der Waals surface area contributed by atoms with Crippen molar-refractivity contribution in [1.29, 1.82) is 0 Å². The van der Waals surface area contributed by atoms with Crippen molar-refractivity contribution >= 4 is 11.6 Å². The Morgan fingerprint density at radius 3 is 2.45 bits per heavy atom. The number of amides is 1. The summed E-state index contributed by atoms with van der Waals surface area (Å²) in [6.45, 7) is 0.338. The van der Waals surface area contributed by atoms with Crippen molar-refractivity contribution < 1.29 is 9.18 Å². The summed E-state index contributed by atoms with van der Waals surface area (Å²) in [4.78, 5) is 14.4. The van der Waals surface area contributed by atoms with Crippen LogP contribution >= 0.6 is 0 Å². The average Bonchev–Trinajstić information content (AvgIpc) is 3.33. The Bertz CT molecular complexity index is 665. The van der Waals surface area contributed by atoms with Crippen LogP contribution in [0.4, 0.5) is 10.1 Å². The maximum atomic E-state index is 13.8. The van der Waals surface area contributed by atoms with Crippen LogP contribution in [0.5, 0.6) is 0 Å². The van der Waals surface area contributed by atoms with E-state index in [-0.39, 0.29) is 17.8 Å². The Morgan fingerprint density at radius 1 is 1.14 bits per heavy atom. The summed E-state index contributed by atoms with van der Waals surface area (Å²) < 4.78 is 13.8. The standard InChI is InChI=1S/C18H19FN2O/c19-17-4-2-1-3-14(17)12-21(16-9-10-16)18(22)11-13-5-7-15(20)8-6-13/h1-8,16H,9-12,20H2. The van der Waals surface area contributed by atoms with E-state index in [9.17, 15) is 9.18 Å². The zero-order valence-corrected chi connectivity index (χ0v) is 12.3. The van der Waals surface area contributed by atoms with Gasteiger partial charge in [0.2, 0.25) is 5.91 Å². The first-order valence-electron chi connectivity index (χ1n) is 7.51. The maximum Gasteiger partial charge on any atom is 0.227 e. The molecule has 114 valence electrons. The van der Waals surface area contributed by atoms with Gasteiger partial charge in [-0.1, -0.05) is 30.3 Å². The molecule has 1 amide bonds. The van der Waals surface area contributed by atoms with E-state index in [1.807, 2.05) is 12.1 Å². The van der Waals surface area contributed by atoms with Crippen molar-refractivity contribution in [1.82, 2.24) is 4.90 Å². The lowest BCUT2D eigenvalue weighted by molar-refractivity contribution is -0.131. The normalized spacial score (nSPS) is 13.9. The van der Waals surface area contributed by atoms with Crippen molar-refractivity contribution in [2.24, 2.45) is 0 Å². The summed E-state index contributed by atoms with van der Waals surface area (Å²) in [5, 5.41) is 0. The van der Waals surface area contributed by atoms with E-state index in [1.54, 1.807) is 35.2 Å². The summed E-state index contributed by atoms with van der Waals surface area (Å²) in [6.07, 6.45) is 2.33. The minimum atomic E-state index is -0.256. The first kappa shape index (κ1) is 14.6. The van der Waals surface area contributed by atoms with Gasteiger partial charge in [-0.25, -0.2) is 4.39 Å². The molecular formula is C18H19FN2O. The Hall–Kier alpha value is -2.36. The van der Waals surface area contributed by atoms with Crippen molar-refractivity contribution in [3.8, 4) is 0 Å². The van der Waals surface area contributed by atoms with Crippen LogP contribution in [0.25, 0.3) is 0 Å². The number of nitrogen functional groups attached to an aromatic ring is 1. The number of benzene rings is 2. The molecule has 0 unspecified atom stereocenters. The van der Waals surface area contributed by atoms with Gasteiger partial charge in [0.15, 0.2) is 0 Å². The molecule has 1 fully saturated rings. The largest absolute Gasteiger partial charge is 0.399 e. The van der Waals surface area contributed by atoms with Crippen LogP contribution in [-0.2, 0) is 17.8 Å². The second-order valence-corrected chi connectivity index (χ2v) is 5.76. The number of nitrogens with zero attached hydrogens (tertiary/aromatic N) is 1. The van der Waals surface area contributed by atoms with Gasteiger partial charge in [-0.2, -0.15) is 0 Å². The van der Waals surface area contributed by atoms with Gasteiger partial charge < -0.3 is 10.6 Å². The molecule has 0 heterocycles. The molecule has 22 heavy (non-hydrogen) atoms. The second-order valence-electron chi connectivity index (χ2n) is 5.76. The highest BCUT2D eigenvalue weighted by molar-refractivity contribution is 5.79. The number of halogens is 1. The van der Waals surface area contributed by atoms with E-state index < -0.39 is 0 Å². The van der Waals surface area contributed by atoms with E-state index in [0.29, 0.717) is 24.2 Å². The molecule has 2 aromatic carbocycles. The third-order valence-electron chi connectivity index (χ3n) is 3.94. The summed E-state index contributed by atoms with van der Waals surface area (Å²) >= 11 is 0. The van der Waals surface area contributed by atoms with Gasteiger partial charge in [-0.05, 0) is 36.6 Å². The van der Waals surface area contributed by atoms with Gasteiger partial charge >= 0.3 is 0 Å². The highest BCUT2D eigenvalue weighted by atomic mass is 19.1. The molecule has 2 aromatic rings. The van der Waals surface area contributed by atoms with Gasteiger partial charge in [-0.3, -0.25) is 4.79 Å². The van der Waals surface area contributed by atoms with Crippen LogP contribution in [0.1, 0.15) is 24.0 Å². The fourth-order valence-electron chi connectivity index (χ4n) is 2.53. The molecule has 1 saturated carbocycles. The summed E-state index contributed by atoms with van der Waals surface area (Å²) in [7, 11) is 0. The topological polar surface area (TPSA) is 46.3 Å². The van der Waals surface area contributed by atoms with E-state index in [4.69, 9.17) is 5.73 Å². The molecule has 4 heteroatoms. The number of rotatable bonds is 5. The molecule has 2 N–H and O–H groups in total. The van der Waals surface area contributed by atoms with Crippen LogP contribution < -0.4 is 5.73 Å². The monoisotopic (exact) mass is 298 g/mol. The number of carbonyl (C=O) groups excluding carboxylic acids is 1. The molecule has 0 atom stereocenters. The number of hydrogen-bond acceptors (Lipinski definition) is 2. The van der Waals surface area contributed by atoms with E-state index in [1.165, 1.54) is 6.07 Å². The van der Waals surface area contributed by atoms with Gasteiger partial charge in [-0.15, -0.1) is 0 Å². The van der Waals surface area contributed by atoms with Gasteiger partial charge in [0.05, 0.1) is 6.42 Å². The third-order valence-corrected chi connectivity index (χ3v) is 3.94. The highest BCUT2D eigenvalue weighted by Crippen LogP contribution is 2.29. The smallest absolute Gasteiger partial charge is 0.227 e. The Labute approximate surface area is 129 Å². The number of hydrogen-bond donors (Lipinski definition) is 1. The SMILES string of the molecule is Nc1ccc(CC(=O)N(Cc2ccccc2F)C2CC2)cc1. The molecule has 3 rings (SSSR count). The summed E-state index contributed by atoms with van der Waals surface area (Å²) in [6, 6.07) is 14.2. The molecule has 3 nitrogen and oxygen atoms in total. The predicted octanol–water partition coefficient (Wildman–Crippen LogP) is 3.14. The third kappa shape index (κ3) is 3.45. The fourth-order valence-corrected chi connectivity index (χ4v) is 2.53. The minimum Gasteiger partial charge on any atom is -0.399 e.